The Kier molecular flexibility index (Phi) is 11.2. The fraction of sp³-hybridized carbons (Fsp3) is 0.471. The smallest absolute Gasteiger partial charge is 0.131 e. The third-order valence-corrected chi connectivity index (χ3v) is 8.24. The number of benzene rings is 3. The van der Waals surface area contributed by atoms with Gasteiger partial charge in [0.25, 0.3) is 0 Å². The van der Waals surface area contributed by atoms with E-state index in [1.165, 1.54) is 62.5 Å². The lowest BCUT2D eigenvalue weighted by atomic mass is 9.96. The zero-order valence-electron chi connectivity index (χ0n) is 23.0. The number of rotatable bonds is 14. The topological polar surface area (TPSA) is 0 Å². The fourth-order valence-corrected chi connectivity index (χ4v) is 4.94. The molecule has 0 fully saturated rings. The third-order valence-electron chi connectivity index (χ3n) is 7.54. The molecule has 0 N–H and O–H groups in total. The molecule has 36 heavy (non-hydrogen) atoms. The zero-order chi connectivity index (χ0) is 26.0. The summed E-state index contributed by atoms with van der Waals surface area (Å²) in [6.07, 6.45) is 12.3. The number of hydrogen-bond donors (Lipinski definition) is 0. The molecular formula is C34H46FP. The summed E-state index contributed by atoms with van der Waals surface area (Å²) in [4.78, 5) is 0. The van der Waals surface area contributed by atoms with Crippen LogP contribution in [-0.4, -0.2) is 5.16 Å². The van der Waals surface area contributed by atoms with E-state index >= 15 is 4.39 Å². The maximum Gasteiger partial charge on any atom is 0.131 e. The van der Waals surface area contributed by atoms with Gasteiger partial charge in [0.1, 0.15) is 5.82 Å². The van der Waals surface area contributed by atoms with E-state index < -0.39 is 0 Å². The van der Waals surface area contributed by atoms with E-state index in [0.29, 0.717) is 10.7 Å². The molecule has 0 saturated carbocycles. The summed E-state index contributed by atoms with van der Waals surface area (Å²) >= 11 is 0. The first-order chi connectivity index (χ1) is 17.3. The van der Waals surface area contributed by atoms with Crippen molar-refractivity contribution in [2.24, 2.45) is 5.92 Å². The van der Waals surface area contributed by atoms with E-state index in [9.17, 15) is 0 Å². The molecule has 0 aromatic heterocycles. The molecule has 0 aliphatic heterocycles. The molecule has 2 heteroatoms. The highest BCUT2D eigenvalue weighted by molar-refractivity contribution is 7.18. The van der Waals surface area contributed by atoms with Crippen LogP contribution in [0.25, 0.3) is 22.3 Å². The van der Waals surface area contributed by atoms with Crippen molar-refractivity contribution in [3.63, 3.8) is 0 Å². The molecule has 0 radical (unpaired) electrons. The van der Waals surface area contributed by atoms with Crippen LogP contribution >= 0.6 is 9.24 Å². The minimum Gasteiger partial charge on any atom is -0.206 e. The van der Waals surface area contributed by atoms with Crippen LogP contribution in [0.3, 0.4) is 0 Å². The van der Waals surface area contributed by atoms with Gasteiger partial charge < -0.3 is 0 Å². The maximum atomic E-state index is 15.1. The van der Waals surface area contributed by atoms with Crippen LogP contribution in [0.5, 0.6) is 0 Å². The van der Waals surface area contributed by atoms with Crippen molar-refractivity contribution in [3.05, 3.63) is 83.7 Å². The Morgan fingerprint density at radius 3 is 1.83 bits per heavy atom. The van der Waals surface area contributed by atoms with Crippen molar-refractivity contribution in [3.8, 4) is 22.3 Å². The largest absolute Gasteiger partial charge is 0.206 e. The van der Waals surface area contributed by atoms with Gasteiger partial charge in [-0.25, -0.2) is 4.39 Å². The van der Waals surface area contributed by atoms with Crippen LogP contribution in [0.2, 0.25) is 0 Å². The van der Waals surface area contributed by atoms with E-state index in [0.717, 1.165) is 35.4 Å². The predicted octanol–water partition coefficient (Wildman–Crippen LogP) is 10.7. The van der Waals surface area contributed by atoms with E-state index in [-0.39, 0.29) is 5.82 Å². The van der Waals surface area contributed by atoms with E-state index in [1.54, 1.807) is 6.07 Å². The summed E-state index contributed by atoms with van der Waals surface area (Å²) in [5.41, 5.74) is 6.32. The molecule has 0 nitrogen and oxygen atoms in total. The van der Waals surface area contributed by atoms with Gasteiger partial charge in [-0.3, -0.25) is 0 Å². The van der Waals surface area contributed by atoms with Gasteiger partial charge >= 0.3 is 0 Å². The molecule has 0 amide bonds. The quantitative estimate of drug-likeness (QED) is 0.151. The minimum absolute atomic E-state index is 0.159. The average Bonchev–Trinajstić information content (AvgIpc) is 2.87. The first-order valence-electron chi connectivity index (χ1n) is 14.0. The second kappa shape index (κ2) is 14.1. The minimum atomic E-state index is -0.159. The van der Waals surface area contributed by atoms with Gasteiger partial charge in [0.15, 0.2) is 0 Å². The fourth-order valence-electron chi connectivity index (χ4n) is 4.74. The van der Waals surface area contributed by atoms with Crippen molar-refractivity contribution in [1.29, 1.82) is 0 Å². The molecule has 3 aromatic carbocycles. The number of halogens is 1. The van der Waals surface area contributed by atoms with Crippen LogP contribution in [0.15, 0.2) is 66.7 Å². The normalized spacial score (nSPS) is 13.2. The van der Waals surface area contributed by atoms with Crippen LogP contribution in [0.1, 0.15) is 90.2 Å². The Balaban J connectivity index is 1.54. The van der Waals surface area contributed by atoms with Gasteiger partial charge in [0.05, 0.1) is 0 Å². The van der Waals surface area contributed by atoms with Crippen molar-refractivity contribution >= 4 is 9.24 Å². The molecule has 0 heterocycles. The van der Waals surface area contributed by atoms with Gasteiger partial charge in [0, 0.05) is 5.56 Å². The lowest BCUT2D eigenvalue weighted by Crippen LogP contribution is -2.13. The van der Waals surface area contributed by atoms with Crippen molar-refractivity contribution < 1.29 is 4.39 Å². The number of unbranched alkanes of at least 4 members (excludes halogenated alkanes) is 3. The van der Waals surface area contributed by atoms with Crippen LogP contribution in [-0.2, 0) is 12.8 Å². The molecule has 194 valence electrons. The lowest BCUT2D eigenvalue weighted by molar-refractivity contribution is 0.527. The highest BCUT2D eigenvalue weighted by atomic mass is 31.0. The molecular weight excluding hydrogens is 458 g/mol. The molecule has 2 unspecified atom stereocenters. The summed E-state index contributed by atoms with van der Waals surface area (Å²) in [6.45, 7) is 9.16. The predicted molar refractivity (Wildman–Crippen MR) is 160 cm³/mol. The molecule has 3 aromatic rings. The van der Waals surface area contributed by atoms with Gasteiger partial charge in [-0.1, -0.05) is 114 Å². The highest BCUT2D eigenvalue weighted by Gasteiger charge is 2.14. The zero-order valence-corrected chi connectivity index (χ0v) is 24.1. The van der Waals surface area contributed by atoms with Gasteiger partial charge in [-0.05, 0) is 83.5 Å². The van der Waals surface area contributed by atoms with Crippen molar-refractivity contribution in [1.82, 2.24) is 0 Å². The Morgan fingerprint density at radius 2 is 1.28 bits per heavy atom. The first-order valence-corrected chi connectivity index (χ1v) is 14.6. The standard InChI is InChI=1S/C34H46FP/c1-5-34(4,36)24-10-9-13-28-16-20-30(21-17-28)32-23-22-31(25-33(32)35)29-18-14-27(15-19-29)12-8-6-7-11-26(2)3/h14-23,25-26H,5-13,24,36H2,1-4H3. The van der Waals surface area contributed by atoms with E-state index in [4.69, 9.17) is 0 Å². The van der Waals surface area contributed by atoms with Gasteiger partial charge in [0.2, 0.25) is 0 Å². The second-order valence-electron chi connectivity index (χ2n) is 11.3. The van der Waals surface area contributed by atoms with Crippen LogP contribution in [0.4, 0.5) is 4.39 Å². The Labute approximate surface area is 222 Å². The summed E-state index contributed by atoms with van der Waals surface area (Å²) < 4.78 is 15.1. The van der Waals surface area contributed by atoms with Crippen LogP contribution in [0, 0.1) is 11.7 Å². The monoisotopic (exact) mass is 504 g/mol. The molecule has 3 rings (SSSR count). The lowest BCUT2D eigenvalue weighted by Gasteiger charge is -2.21. The summed E-state index contributed by atoms with van der Waals surface area (Å²) in [5.74, 6) is 0.640. The van der Waals surface area contributed by atoms with Crippen molar-refractivity contribution in [2.45, 2.75) is 97.1 Å². The number of hydrogen-bond acceptors (Lipinski definition) is 0. The summed E-state index contributed by atoms with van der Waals surface area (Å²) in [7, 11) is 3.00. The summed E-state index contributed by atoms with van der Waals surface area (Å²) in [5, 5.41) is 0.364. The molecule has 0 bridgehead atoms. The highest BCUT2D eigenvalue weighted by Crippen LogP contribution is 2.30. The SMILES string of the molecule is CCC(C)(P)CCCCc1ccc(-c2ccc(-c3ccc(CCCCCC(C)C)cc3)cc2F)cc1. The van der Waals surface area contributed by atoms with E-state index in [1.807, 2.05) is 12.1 Å². The molecule has 0 aliphatic rings. The molecule has 0 saturated heterocycles. The van der Waals surface area contributed by atoms with Crippen molar-refractivity contribution in [2.75, 3.05) is 0 Å². The Bertz CT molecular complexity index is 1050. The Hall–Kier alpha value is -1.98. The van der Waals surface area contributed by atoms with Crippen LogP contribution < -0.4 is 0 Å². The van der Waals surface area contributed by atoms with E-state index in [2.05, 4.69) is 85.5 Å². The third kappa shape index (κ3) is 9.15. The Morgan fingerprint density at radius 1 is 0.722 bits per heavy atom. The molecule has 2 atom stereocenters. The first kappa shape index (κ1) is 28.6. The number of aryl methyl sites for hydroxylation is 2. The molecule has 0 spiro atoms. The maximum absolute atomic E-state index is 15.1. The molecule has 0 aliphatic carbocycles. The summed E-state index contributed by atoms with van der Waals surface area (Å²) in [6, 6.07) is 22.7. The van der Waals surface area contributed by atoms with Gasteiger partial charge in [-0.15, -0.1) is 9.24 Å². The van der Waals surface area contributed by atoms with Gasteiger partial charge in [-0.2, -0.15) is 0 Å². The second-order valence-corrected chi connectivity index (χ2v) is 12.7. The average molecular weight is 505 g/mol.